The largest absolute Gasteiger partial charge is 0.463 e. The highest BCUT2D eigenvalue weighted by molar-refractivity contribution is 5.97. The minimum absolute atomic E-state index is 0.0280. The summed E-state index contributed by atoms with van der Waals surface area (Å²) in [7, 11) is 0. The minimum Gasteiger partial charge on any atom is -0.463 e. The molecule has 1 aromatic rings. The number of fused-ring (bicyclic) bond motifs is 1. The molecule has 0 saturated carbocycles. The van der Waals surface area contributed by atoms with Crippen LogP contribution < -0.4 is 10.6 Å². The summed E-state index contributed by atoms with van der Waals surface area (Å²) in [5.74, 6) is -0.869. The number of ether oxygens (including phenoxy) is 2. The number of nitrogens with one attached hydrogen (secondary N) is 2. The number of amides is 1. The summed E-state index contributed by atoms with van der Waals surface area (Å²) in [6, 6.07) is 0. The van der Waals surface area contributed by atoms with E-state index in [2.05, 4.69) is 15.6 Å². The van der Waals surface area contributed by atoms with Crippen LogP contribution in [0.1, 0.15) is 23.6 Å². The fraction of sp³-hybridized carbons (Fsp3) is 0.615. The predicted molar refractivity (Wildman–Crippen MR) is 76.7 cm³/mol. The highest BCUT2D eigenvalue weighted by Gasteiger charge is 2.45. The lowest BCUT2D eigenvalue weighted by Crippen LogP contribution is -2.37. The number of β-amino-alcohol motifs (C(OH)–C–C–N with tert-alkyl or cyclic N) is 1. The molecule has 0 aromatic carbocycles. The van der Waals surface area contributed by atoms with Crippen molar-refractivity contribution in [1.82, 2.24) is 14.9 Å². The second kappa shape index (κ2) is 6.36. The van der Waals surface area contributed by atoms with Crippen molar-refractivity contribution in [3.63, 3.8) is 0 Å². The molecule has 1 aromatic heterocycles. The van der Waals surface area contributed by atoms with Crippen LogP contribution in [0.25, 0.3) is 0 Å². The van der Waals surface area contributed by atoms with E-state index in [0.29, 0.717) is 0 Å². The van der Waals surface area contributed by atoms with Crippen molar-refractivity contribution in [2.24, 2.45) is 0 Å². The molecule has 11 heteroatoms. The maximum absolute atomic E-state index is 11.9. The summed E-state index contributed by atoms with van der Waals surface area (Å²) in [6.45, 7) is 1.04. The summed E-state index contributed by atoms with van der Waals surface area (Å²) in [5, 5.41) is 35.0. The molecule has 0 spiro atoms. The van der Waals surface area contributed by atoms with E-state index in [9.17, 15) is 24.9 Å². The van der Waals surface area contributed by atoms with Gasteiger partial charge in [0.15, 0.2) is 11.9 Å². The van der Waals surface area contributed by atoms with Gasteiger partial charge in [-0.3, -0.25) is 14.2 Å². The van der Waals surface area contributed by atoms with E-state index < -0.39 is 42.6 Å². The summed E-state index contributed by atoms with van der Waals surface area (Å²) >= 11 is 0. The second-order valence-corrected chi connectivity index (χ2v) is 5.57. The fourth-order valence-corrected chi connectivity index (χ4v) is 2.66. The van der Waals surface area contributed by atoms with Crippen LogP contribution in [0.2, 0.25) is 0 Å². The summed E-state index contributed by atoms with van der Waals surface area (Å²) < 4.78 is 11.7. The van der Waals surface area contributed by atoms with Crippen LogP contribution in [-0.2, 0) is 14.3 Å². The minimum atomic E-state index is -1.32. The SMILES string of the molecule is CC(=O)OC[C@H]1O[C@@H](n2cnc3c2NCC(O)NC3=O)[C@H](O)[C@@H]1O. The molecule has 1 fully saturated rings. The summed E-state index contributed by atoms with van der Waals surface area (Å²) in [4.78, 5) is 26.8. The zero-order valence-electron chi connectivity index (χ0n) is 12.7. The van der Waals surface area contributed by atoms with Crippen molar-refractivity contribution in [3.8, 4) is 0 Å². The number of anilines is 1. The van der Waals surface area contributed by atoms with E-state index >= 15 is 0 Å². The zero-order chi connectivity index (χ0) is 17.4. The highest BCUT2D eigenvalue weighted by Crippen LogP contribution is 2.33. The average molecular weight is 342 g/mol. The Morgan fingerprint density at radius 1 is 1.46 bits per heavy atom. The molecule has 0 radical (unpaired) electrons. The Bertz CT molecular complexity index is 648. The molecule has 0 bridgehead atoms. The molecule has 1 amide bonds. The maximum atomic E-state index is 11.9. The highest BCUT2D eigenvalue weighted by atomic mass is 16.6. The van der Waals surface area contributed by atoms with Crippen molar-refractivity contribution in [2.45, 2.75) is 37.7 Å². The number of imidazole rings is 1. The van der Waals surface area contributed by atoms with Gasteiger partial charge in [0.2, 0.25) is 0 Å². The van der Waals surface area contributed by atoms with Crippen LogP contribution in [-0.4, -0.2) is 74.4 Å². The first-order valence-corrected chi connectivity index (χ1v) is 7.33. The number of hydrogen-bond acceptors (Lipinski definition) is 9. The van der Waals surface area contributed by atoms with E-state index in [4.69, 9.17) is 9.47 Å². The molecule has 0 aliphatic carbocycles. The van der Waals surface area contributed by atoms with E-state index in [1.165, 1.54) is 17.8 Å². The van der Waals surface area contributed by atoms with Crippen molar-refractivity contribution >= 4 is 17.7 Å². The third-order valence-electron chi connectivity index (χ3n) is 3.83. The molecule has 1 saturated heterocycles. The fourth-order valence-electron chi connectivity index (χ4n) is 2.66. The van der Waals surface area contributed by atoms with Gasteiger partial charge in [-0.25, -0.2) is 4.98 Å². The summed E-state index contributed by atoms with van der Waals surface area (Å²) in [5.41, 5.74) is 0.0280. The molecule has 2 aliphatic heterocycles. The number of aromatic nitrogens is 2. The van der Waals surface area contributed by atoms with Crippen molar-refractivity contribution in [3.05, 3.63) is 12.0 Å². The molecule has 5 N–H and O–H groups in total. The smallest absolute Gasteiger partial charge is 0.302 e. The Morgan fingerprint density at radius 3 is 2.92 bits per heavy atom. The lowest BCUT2D eigenvalue weighted by Gasteiger charge is -2.19. The number of aliphatic hydroxyl groups is 3. The quantitative estimate of drug-likeness (QED) is 0.376. The van der Waals surface area contributed by atoms with E-state index in [1.807, 2.05) is 0 Å². The monoisotopic (exact) mass is 342 g/mol. The summed E-state index contributed by atoms with van der Waals surface area (Å²) in [6.07, 6.45) is -4.36. The number of carbonyl (C=O) groups excluding carboxylic acids is 2. The number of nitrogens with zero attached hydrogens (tertiary/aromatic N) is 2. The first-order valence-electron chi connectivity index (χ1n) is 7.33. The standard InChI is InChI=1S/C13H18N4O7/c1-5(18)23-3-6-9(20)10(21)13(24-6)17-4-15-8-11(17)14-2-7(19)16-12(8)22/h4,6-7,9-10,13-14,19-21H,2-3H2,1H3,(H,16,22)/t6-,7?,9-,10-,13-/m1/s1. The van der Waals surface area contributed by atoms with Gasteiger partial charge < -0.3 is 35.4 Å². The zero-order valence-corrected chi connectivity index (χ0v) is 12.7. The first kappa shape index (κ1) is 16.6. The average Bonchev–Trinajstić information content (AvgIpc) is 3.01. The van der Waals surface area contributed by atoms with Gasteiger partial charge in [-0.15, -0.1) is 0 Å². The topological polar surface area (TPSA) is 155 Å². The third-order valence-corrected chi connectivity index (χ3v) is 3.83. The second-order valence-electron chi connectivity index (χ2n) is 5.57. The number of rotatable bonds is 3. The molecule has 3 heterocycles. The predicted octanol–water partition coefficient (Wildman–Crippen LogP) is -2.46. The molecule has 5 atom stereocenters. The van der Waals surface area contributed by atoms with Crippen LogP contribution in [0.15, 0.2) is 6.33 Å². The van der Waals surface area contributed by atoms with Crippen molar-refractivity contribution in [2.75, 3.05) is 18.5 Å². The molecule has 1 unspecified atom stereocenters. The van der Waals surface area contributed by atoms with E-state index in [0.717, 1.165) is 0 Å². The van der Waals surface area contributed by atoms with E-state index in [-0.39, 0.29) is 24.7 Å². The van der Waals surface area contributed by atoms with Gasteiger partial charge in [0.05, 0.1) is 12.9 Å². The van der Waals surface area contributed by atoms with Crippen LogP contribution in [0.5, 0.6) is 0 Å². The normalized spacial score (nSPS) is 32.5. The van der Waals surface area contributed by atoms with Crippen LogP contribution in [0.3, 0.4) is 0 Å². The molecule has 11 nitrogen and oxygen atoms in total. The van der Waals surface area contributed by atoms with Gasteiger partial charge in [-0.1, -0.05) is 0 Å². The molecule has 2 aliphatic rings. The lowest BCUT2D eigenvalue weighted by molar-refractivity contribution is -0.147. The Labute approximate surface area is 136 Å². The van der Waals surface area contributed by atoms with Crippen LogP contribution >= 0.6 is 0 Å². The number of esters is 1. The van der Waals surface area contributed by atoms with Gasteiger partial charge in [0.25, 0.3) is 5.91 Å². The van der Waals surface area contributed by atoms with Crippen LogP contribution in [0, 0.1) is 0 Å². The van der Waals surface area contributed by atoms with Gasteiger partial charge in [-0.05, 0) is 0 Å². The third kappa shape index (κ3) is 2.94. The van der Waals surface area contributed by atoms with Crippen molar-refractivity contribution in [1.29, 1.82) is 0 Å². The number of aliphatic hydroxyl groups excluding tert-OH is 3. The van der Waals surface area contributed by atoms with Gasteiger partial charge >= 0.3 is 5.97 Å². The van der Waals surface area contributed by atoms with Gasteiger partial charge in [-0.2, -0.15) is 0 Å². The Hall–Kier alpha value is -2.21. The Morgan fingerprint density at radius 2 is 2.21 bits per heavy atom. The first-order chi connectivity index (χ1) is 11.4. The molecular formula is C13H18N4O7. The Balaban J connectivity index is 1.82. The molecular weight excluding hydrogens is 324 g/mol. The molecule has 132 valence electrons. The number of carbonyl (C=O) groups is 2. The molecule has 3 rings (SSSR count). The van der Waals surface area contributed by atoms with Crippen LogP contribution in [0.4, 0.5) is 5.82 Å². The lowest BCUT2D eigenvalue weighted by atomic mass is 10.1. The molecule has 24 heavy (non-hydrogen) atoms. The van der Waals surface area contributed by atoms with Crippen molar-refractivity contribution < 1.29 is 34.4 Å². The van der Waals surface area contributed by atoms with Gasteiger partial charge in [0.1, 0.15) is 37.0 Å². The Kier molecular flexibility index (Phi) is 4.41. The van der Waals surface area contributed by atoms with E-state index in [1.54, 1.807) is 0 Å². The van der Waals surface area contributed by atoms with Gasteiger partial charge in [0, 0.05) is 6.92 Å². The maximum Gasteiger partial charge on any atom is 0.302 e. The number of hydrogen-bond donors (Lipinski definition) is 5.